The highest BCUT2D eigenvalue weighted by molar-refractivity contribution is 6.29. The Morgan fingerprint density at radius 2 is 2.00 bits per heavy atom. The number of aryl methyl sites for hydroxylation is 1. The smallest absolute Gasteiger partial charge is 0.356 e. The van der Waals surface area contributed by atoms with Crippen molar-refractivity contribution in [1.29, 1.82) is 0 Å². The van der Waals surface area contributed by atoms with E-state index >= 15 is 0 Å². The summed E-state index contributed by atoms with van der Waals surface area (Å²) >= 11 is 5.91. The van der Waals surface area contributed by atoms with E-state index in [1.807, 2.05) is 36.9 Å². The van der Waals surface area contributed by atoms with Crippen LogP contribution in [0, 0.1) is 6.92 Å². The standard InChI is InChI=1S/C26H22ClN5O5/c1-13-7-16(14(2)28-18-4-6-20(27)29-23(18)26(34)35)25-30-21(8-22(33)32(25)9-13)31-10-15-3-5-19-24(17(15)11-31)37-12-36-19/h3-9,14,28H,10-12H2,1-2H3,(H,34,35)/t14-/m1/s1. The van der Waals surface area contributed by atoms with Crippen molar-refractivity contribution in [2.75, 3.05) is 17.0 Å². The second-order valence-electron chi connectivity index (χ2n) is 9.11. The van der Waals surface area contributed by atoms with Crippen molar-refractivity contribution in [2.24, 2.45) is 0 Å². The number of anilines is 2. The van der Waals surface area contributed by atoms with Gasteiger partial charge in [0.25, 0.3) is 5.56 Å². The Morgan fingerprint density at radius 3 is 2.81 bits per heavy atom. The number of aromatic carboxylic acids is 1. The Hall–Kier alpha value is -4.31. The highest BCUT2D eigenvalue weighted by atomic mass is 35.5. The number of carboxylic acid groups (broad SMARTS) is 1. The topological polar surface area (TPSA) is 118 Å². The second-order valence-corrected chi connectivity index (χ2v) is 9.50. The molecule has 1 aromatic carbocycles. The van der Waals surface area contributed by atoms with Crippen LogP contribution < -0.4 is 25.2 Å². The van der Waals surface area contributed by atoms with E-state index < -0.39 is 12.0 Å². The molecule has 37 heavy (non-hydrogen) atoms. The normalized spacial score (nSPS) is 14.6. The Morgan fingerprint density at radius 1 is 1.16 bits per heavy atom. The molecular weight excluding hydrogens is 498 g/mol. The first-order valence-corrected chi connectivity index (χ1v) is 12.0. The third kappa shape index (κ3) is 3.99. The number of aromatic nitrogens is 3. The number of hydrogen-bond donors (Lipinski definition) is 2. The molecule has 0 radical (unpaired) electrons. The van der Waals surface area contributed by atoms with Gasteiger partial charge in [0.1, 0.15) is 16.6 Å². The number of pyridine rings is 2. The van der Waals surface area contributed by atoms with Crippen molar-refractivity contribution in [2.45, 2.75) is 33.0 Å². The lowest BCUT2D eigenvalue weighted by atomic mass is 10.1. The van der Waals surface area contributed by atoms with E-state index in [1.54, 1.807) is 12.3 Å². The van der Waals surface area contributed by atoms with Gasteiger partial charge < -0.3 is 24.8 Å². The van der Waals surface area contributed by atoms with Crippen LogP contribution in [0.5, 0.6) is 11.5 Å². The zero-order chi connectivity index (χ0) is 25.8. The number of nitrogens with zero attached hydrogens (tertiary/aromatic N) is 4. The molecule has 0 amide bonds. The fraction of sp³-hybridized carbons (Fsp3) is 0.231. The highest BCUT2D eigenvalue weighted by Crippen LogP contribution is 2.42. The summed E-state index contributed by atoms with van der Waals surface area (Å²) in [6.45, 7) is 5.09. The third-order valence-electron chi connectivity index (χ3n) is 6.59. The molecular formula is C26H22ClN5O5. The van der Waals surface area contributed by atoms with E-state index in [0.29, 0.717) is 30.2 Å². The molecule has 2 N–H and O–H groups in total. The largest absolute Gasteiger partial charge is 0.476 e. The number of fused-ring (bicyclic) bond motifs is 4. The van der Waals surface area contributed by atoms with Crippen LogP contribution in [0.25, 0.3) is 5.65 Å². The molecule has 0 aliphatic carbocycles. The minimum absolute atomic E-state index is 0.0867. The van der Waals surface area contributed by atoms with Gasteiger partial charge in [-0.1, -0.05) is 17.7 Å². The van der Waals surface area contributed by atoms with Crippen molar-refractivity contribution < 1.29 is 19.4 Å². The molecule has 0 fully saturated rings. The second kappa shape index (κ2) is 8.67. The van der Waals surface area contributed by atoms with Gasteiger partial charge >= 0.3 is 5.97 Å². The molecule has 0 saturated heterocycles. The summed E-state index contributed by atoms with van der Waals surface area (Å²) in [6, 6.07) is 10.1. The van der Waals surface area contributed by atoms with Gasteiger partial charge in [-0.3, -0.25) is 9.20 Å². The molecule has 188 valence electrons. The average Bonchev–Trinajstić information content (AvgIpc) is 3.51. The van der Waals surface area contributed by atoms with Crippen molar-refractivity contribution in [3.8, 4) is 11.5 Å². The summed E-state index contributed by atoms with van der Waals surface area (Å²) < 4.78 is 12.7. The van der Waals surface area contributed by atoms with E-state index in [9.17, 15) is 14.7 Å². The summed E-state index contributed by atoms with van der Waals surface area (Å²) in [5.41, 5.74) is 4.13. The molecule has 2 aliphatic heterocycles. The van der Waals surface area contributed by atoms with Gasteiger partial charge in [-0.15, -0.1) is 0 Å². The lowest BCUT2D eigenvalue weighted by Gasteiger charge is -2.21. The van der Waals surface area contributed by atoms with Gasteiger partial charge in [0.2, 0.25) is 6.79 Å². The number of carbonyl (C=O) groups is 1. The summed E-state index contributed by atoms with van der Waals surface area (Å²) in [5, 5.41) is 12.9. The van der Waals surface area contributed by atoms with Crippen LogP contribution in [-0.4, -0.2) is 32.2 Å². The van der Waals surface area contributed by atoms with Crippen molar-refractivity contribution in [1.82, 2.24) is 14.4 Å². The SMILES string of the molecule is Cc1cc([C@@H](C)Nc2ccc(Cl)nc2C(=O)O)c2nc(N3Cc4ccc5c(c4C3)OCO5)cc(=O)n2c1. The predicted molar refractivity (Wildman–Crippen MR) is 137 cm³/mol. The molecule has 3 aromatic heterocycles. The first-order valence-electron chi connectivity index (χ1n) is 11.6. The van der Waals surface area contributed by atoms with E-state index in [2.05, 4.69) is 10.3 Å². The zero-order valence-corrected chi connectivity index (χ0v) is 20.7. The van der Waals surface area contributed by atoms with Crippen molar-refractivity contribution in [3.63, 3.8) is 0 Å². The number of halogens is 1. The van der Waals surface area contributed by atoms with E-state index in [1.165, 1.54) is 16.5 Å². The van der Waals surface area contributed by atoms with Crippen molar-refractivity contribution >= 4 is 34.7 Å². The molecule has 10 nitrogen and oxygen atoms in total. The van der Waals surface area contributed by atoms with Gasteiger partial charge in [0.05, 0.1) is 11.7 Å². The minimum atomic E-state index is -1.20. The molecule has 1 atom stereocenters. The third-order valence-corrected chi connectivity index (χ3v) is 6.80. The monoisotopic (exact) mass is 519 g/mol. The fourth-order valence-corrected chi connectivity index (χ4v) is 5.02. The average molecular weight is 520 g/mol. The van der Waals surface area contributed by atoms with Crippen LogP contribution in [0.1, 0.15) is 45.7 Å². The maximum atomic E-state index is 13.2. The number of carboxylic acids is 1. The number of rotatable bonds is 5. The molecule has 6 rings (SSSR count). The van der Waals surface area contributed by atoms with Crippen LogP contribution in [0.4, 0.5) is 11.5 Å². The first-order chi connectivity index (χ1) is 17.8. The van der Waals surface area contributed by atoms with Crippen LogP contribution in [0.15, 0.2) is 47.4 Å². The van der Waals surface area contributed by atoms with Crippen molar-refractivity contribution in [3.05, 3.63) is 86.0 Å². The Bertz CT molecular complexity index is 1650. The number of nitrogens with one attached hydrogen (secondary N) is 1. The predicted octanol–water partition coefficient (Wildman–Crippen LogP) is 4.17. The number of ether oxygens (including phenoxy) is 2. The van der Waals surface area contributed by atoms with Crippen LogP contribution in [0.2, 0.25) is 5.15 Å². The van der Waals surface area contributed by atoms with Gasteiger partial charge in [-0.05, 0) is 49.2 Å². The summed E-state index contributed by atoms with van der Waals surface area (Å²) in [5.74, 6) is 0.822. The minimum Gasteiger partial charge on any atom is -0.476 e. The quantitative estimate of drug-likeness (QED) is 0.374. The fourth-order valence-electron chi connectivity index (χ4n) is 4.87. The summed E-state index contributed by atoms with van der Waals surface area (Å²) in [7, 11) is 0. The highest BCUT2D eigenvalue weighted by Gasteiger charge is 2.29. The zero-order valence-electron chi connectivity index (χ0n) is 20.0. The van der Waals surface area contributed by atoms with Crippen LogP contribution >= 0.6 is 11.6 Å². The summed E-state index contributed by atoms with van der Waals surface area (Å²) in [6.07, 6.45) is 1.74. The Kier molecular flexibility index (Phi) is 5.41. The maximum absolute atomic E-state index is 13.2. The molecule has 0 unspecified atom stereocenters. The molecule has 2 aliphatic rings. The molecule has 5 heterocycles. The lowest BCUT2D eigenvalue weighted by molar-refractivity contribution is 0.0691. The lowest BCUT2D eigenvalue weighted by Crippen LogP contribution is -2.23. The molecule has 4 aromatic rings. The molecule has 11 heteroatoms. The van der Waals surface area contributed by atoms with E-state index in [-0.39, 0.29) is 23.2 Å². The van der Waals surface area contributed by atoms with Crippen LogP contribution in [-0.2, 0) is 13.1 Å². The summed E-state index contributed by atoms with van der Waals surface area (Å²) in [4.78, 5) is 35.8. The van der Waals surface area contributed by atoms with Gasteiger partial charge in [-0.25, -0.2) is 14.8 Å². The maximum Gasteiger partial charge on any atom is 0.356 e. The van der Waals surface area contributed by atoms with E-state index in [4.69, 9.17) is 26.1 Å². The van der Waals surface area contributed by atoms with E-state index in [0.717, 1.165) is 33.8 Å². The van der Waals surface area contributed by atoms with Gasteiger partial charge in [0.15, 0.2) is 17.2 Å². The molecule has 0 bridgehead atoms. The number of hydrogen-bond acceptors (Lipinski definition) is 8. The van der Waals surface area contributed by atoms with Gasteiger partial charge in [0, 0.05) is 36.5 Å². The Balaban J connectivity index is 1.39. The molecule has 0 spiro atoms. The van der Waals surface area contributed by atoms with Gasteiger partial charge in [-0.2, -0.15) is 0 Å². The first kappa shape index (κ1) is 23.1. The Labute approximate surface area is 216 Å². The molecule has 0 saturated carbocycles. The number of benzene rings is 1. The van der Waals surface area contributed by atoms with Crippen LogP contribution in [0.3, 0.4) is 0 Å².